The molecule has 1 fully saturated rings. The first-order valence-corrected chi connectivity index (χ1v) is 10.5. The molecule has 1 amide bonds. The molecule has 33 heavy (non-hydrogen) atoms. The molecule has 1 aromatic heterocycles. The lowest BCUT2D eigenvalue weighted by atomic mass is 10.1. The van der Waals surface area contributed by atoms with Gasteiger partial charge < -0.3 is 24.0 Å². The van der Waals surface area contributed by atoms with Gasteiger partial charge in [-0.1, -0.05) is 0 Å². The second kappa shape index (κ2) is 9.72. The summed E-state index contributed by atoms with van der Waals surface area (Å²) < 4.78 is 29.2. The third-order valence-corrected chi connectivity index (χ3v) is 5.59. The van der Waals surface area contributed by atoms with Gasteiger partial charge in [-0.05, 0) is 48.5 Å². The highest BCUT2D eigenvalue weighted by molar-refractivity contribution is 5.95. The van der Waals surface area contributed by atoms with E-state index >= 15 is 0 Å². The fraction of sp³-hybridized carbons (Fsp3) is 0.292. The molecule has 0 atom stereocenters. The Kier molecular flexibility index (Phi) is 6.58. The summed E-state index contributed by atoms with van der Waals surface area (Å²) in [6.07, 6.45) is 0. The van der Waals surface area contributed by atoms with Crippen molar-refractivity contribution in [2.24, 2.45) is 0 Å². The summed E-state index contributed by atoms with van der Waals surface area (Å²) in [4.78, 5) is 17.0. The van der Waals surface area contributed by atoms with Crippen molar-refractivity contribution in [3.05, 3.63) is 59.9 Å². The number of ether oxygens (including phenoxy) is 3. The van der Waals surface area contributed by atoms with Crippen molar-refractivity contribution in [1.29, 1.82) is 0 Å². The number of halogens is 1. The molecule has 0 aliphatic carbocycles. The highest BCUT2D eigenvalue weighted by atomic mass is 19.1. The van der Waals surface area contributed by atoms with Crippen LogP contribution in [0.5, 0.6) is 17.2 Å². The first-order valence-electron chi connectivity index (χ1n) is 10.5. The first-order chi connectivity index (χ1) is 16.0. The summed E-state index contributed by atoms with van der Waals surface area (Å²) in [6, 6.07) is 13.2. The fourth-order valence-corrected chi connectivity index (χ4v) is 3.79. The molecule has 0 bridgehead atoms. The predicted molar refractivity (Wildman–Crippen MR) is 122 cm³/mol. The monoisotopic (exact) mass is 452 g/mol. The van der Waals surface area contributed by atoms with Crippen LogP contribution < -0.4 is 19.1 Å². The maximum Gasteiger partial charge on any atom is 0.254 e. The summed E-state index contributed by atoms with van der Waals surface area (Å²) in [5.74, 6) is 1.67. The number of piperazine rings is 1. The zero-order chi connectivity index (χ0) is 23.4. The van der Waals surface area contributed by atoms with Crippen molar-refractivity contribution in [3.8, 4) is 28.5 Å². The Morgan fingerprint density at radius 1 is 0.848 bits per heavy atom. The Hall–Kier alpha value is -3.88. The number of hydrogen-bond acceptors (Lipinski definition) is 7. The molecule has 0 saturated carbocycles. The van der Waals surface area contributed by atoms with E-state index in [4.69, 9.17) is 14.2 Å². The van der Waals surface area contributed by atoms with E-state index in [1.165, 1.54) is 33.5 Å². The van der Waals surface area contributed by atoms with E-state index in [1.54, 1.807) is 29.2 Å². The normalized spacial score (nSPS) is 13.6. The number of anilines is 1. The highest BCUT2D eigenvalue weighted by Gasteiger charge is 2.25. The standard InChI is InChI=1S/C24H25FN4O4/c1-31-20-14-17(15-21(32-2)23(20)33-3)24(30)29-12-10-28(11-13-29)22-9-8-19(26-27-22)16-4-6-18(25)7-5-16/h4-9,14-15H,10-13H2,1-3H3. The number of hydrogen-bond donors (Lipinski definition) is 0. The average molecular weight is 452 g/mol. The number of carbonyl (C=O) groups is 1. The van der Waals surface area contributed by atoms with Gasteiger partial charge in [-0.3, -0.25) is 4.79 Å². The number of carbonyl (C=O) groups excluding carboxylic acids is 1. The molecule has 1 aliphatic heterocycles. The molecule has 2 heterocycles. The number of amides is 1. The lowest BCUT2D eigenvalue weighted by Crippen LogP contribution is -2.49. The average Bonchev–Trinajstić information content (AvgIpc) is 2.88. The van der Waals surface area contributed by atoms with Gasteiger partial charge >= 0.3 is 0 Å². The summed E-state index contributed by atoms with van der Waals surface area (Å²) in [7, 11) is 4.57. The molecule has 0 spiro atoms. The molecular formula is C24H25FN4O4. The molecule has 0 radical (unpaired) electrons. The van der Waals surface area contributed by atoms with Crippen molar-refractivity contribution >= 4 is 11.7 Å². The largest absolute Gasteiger partial charge is 0.493 e. The van der Waals surface area contributed by atoms with E-state index in [2.05, 4.69) is 15.1 Å². The third kappa shape index (κ3) is 4.67. The van der Waals surface area contributed by atoms with Gasteiger partial charge in [0.15, 0.2) is 17.3 Å². The van der Waals surface area contributed by atoms with Crippen LogP contribution in [0.4, 0.5) is 10.2 Å². The zero-order valence-electron chi connectivity index (χ0n) is 18.7. The second-order valence-corrected chi connectivity index (χ2v) is 7.48. The summed E-state index contributed by atoms with van der Waals surface area (Å²) in [5.41, 5.74) is 1.95. The van der Waals surface area contributed by atoms with Crippen LogP contribution >= 0.6 is 0 Å². The maximum absolute atomic E-state index is 13.1. The van der Waals surface area contributed by atoms with Crippen LogP contribution in [-0.2, 0) is 0 Å². The van der Waals surface area contributed by atoms with Gasteiger partial charge in [-0.2, -0.15) is 0 Å². The SMILES string of the molecule is COc1cc(C(=O)N2CCN(c3ccc(-c4ccc(F)cc4)nn3)CC2)cc(OC)c1OC. The quantitative estimate of drug-likeness (QED) is 0.568. The number of methoxy groups -OCH3 is 3. The molecule has 8 nitrogen and oxygen atoms in total. The van der Waals surface area contributed by atoms with Crippen LogP contribution in [0.3, 0.4) is 0 Å². The van der Waals surface area contributed by atoms with Gasteiger partial charge in [-0.15, -0.1) is 10.2 Å². The van der Waals surface area contributed by atoms with Crippen LogP contribution in [0.1, 0.15) is 10.4 Å². The van der Waals surface area contributed by atoms with Gasteiger partial charge in [0.25, 0.3) is 5.91 Å². The Bertz CT molecular complexity index is 1090. The molecule has 0 unspecified atom stereocenters. The van der Waals surface area contributed by atoms with E-state index in [0.29, 0.717) is 54.7 Å². The molecule has 1 aliphatic rings. The molecule has 0 N–H and O–H groups in total. The first kappa shape index (κ1) is 22.3. The minimum absolute atomic E-state index is 0.105. The molecule has 1 saturated heterocycles. The molecule has 9 heteroatoms. The molecule has 4 rings (SSSR count). The van der Waals surface area contributed by atoms with Crippen molar-refractivity contribution in [2.45, 2.75) is 0 Å². The molecule has 172 valence electrons. The van der Waals surface area contributed by atoms with Crippen molar-refractivity contribution in [3.63, 3.8) is 0 Å². The topological polar surface area (TPSA) is 77.0 Å². The maximum atomic E-state index is 13.1. The van der Waals surface area contributed by atoms with Gasteiger partial charge in [-0.25, -0.2) is 4.39 Å². The molecule has 2 aromatic carbocycles. The Labute approximate surface area is 191 Å². The van der Waals surface area contributed by atoms with E-state index in [-0.39, 0.29) is 11.7 Å². The van der Waals surface area contributed by atoms with Crippen LogP contribution in [-0.4, -0.2) is 68.5 Å². The predicted octanol–water partition coefficient (Wildman–Crippen LogP) is 3.27. The number of aromatic nitrogens is 2. The van der Waals surface area contributed by atoms with Crippen LogP contribution in [0.2, 0.25) is 0 Å². The Balaban J connectivity index is 1.42. The van der Waals surface area contributed by atoms with Crippen molar-refractivity contribution in [2.75, 3.05) is 52.4 Å². The summed E-state index contributed by atoms with van der Waals surface area (Å²) in [6.45, 7) is 2.33. The van der Waals surface area contributed by atoms with Gasteiger partial charge in [0, 0.05) is 37.3 Å². The van der Waals surface area contributed by atoms with Gasteiger partial charge in [0.05, 0.1) is 27.0 Å². The van der Waals surface area contributed by atoms with Crippen molar-refractivity contribution < 1.29 is 23.4 Å². The van der Waals surface area contributed by atoms with Gasteiger partial charge in [0.2, 0.25) is 5.75 Å². The number of benzene rings is 2. The van der Waals surface area contributed by atoms with E-state index in [1.807, 2.05) is 12.1 Å². The van der Waals surface area contributed by atoms with E-state index in [0.717, 1.165) is 11.4 Å². The smallest absolute Gasteiger partial charge is 0.254 e. The van der Waals surface area contributed by atoms with E-state index in [9.17, 15) is 9.18 Å². The van der Waals surface area contributed by atoms with Crippen LogP contribution in [0.15, 0.2) is 48.5 Å². The van der Waals surface area contributed by atoms with Crippen LogP contribution in [0.25, 0.3) is 11.3 Å². The minimum atomic E-state index is -0.290. The highest BCUT2D eigenvalue weighted by Crippen LogP contribution is 2.38. The molecular weight excluding hydrogens is 427 g/mol. The van der Waals surface area contributed by atoms with Gasteiger partial charge in [0.1, 0.15) is 5.82 Å². The van der Waals surface area contributed by atoms with Crippen LogP contribution in [0, 0.1) is 5.82 Å². The van der Waals surface area contributed by atoms with E-state index < -0.39 is 0 Å². The Morgan fingerprint density at radius 3 is 2.00 bits per heavy atom. The molecule has 3 aromatic rings. The number of rotatable bonds is 6. The second-order valence-electron chi connectivity index (χ2n) is 7.48. The van der Waals surface area contributed by atoms with Crippen molar-refractivity contribution in [1.82, 2.24) is 15.1 Å². The zero-order valence-corrected chi connectivity index (χ0v) is 18.7. The summed E-state index contributed by atoms with van der Waals surface area (Å²) >= 11 is 0. The minimum Gasteiger partial charge on any atom is -0.493 e. The lowest BCUT2D eigenvalue weighted by molar-refractivity contribution is 0.0745. The number of nitrogens with zero attached hydrogens (tertiary/aromatic N) is 4. The fourth-order valence-electron chi connectivity index (χ4n) is 3.79. The third-order valence-electron chi connectivity index (χ3n) is 5.59. The Morgan fingerprint density at radius 2 is 1.48 bits per heavy atom. The lowest BCUT2D eigenvalue weighted by Gasteiger charge is -2.35. The summed E-state index contributed by atoms with van der Waals surface area (Å²) in [5, 5.41) is 8.60.